The Hall–Kier alpha value is -3.16. The van der Waals surface area contributed by atoms with Crippen LogP contribution in [0.15, 0.2) is 18.2 Å². The highest BCUT2D eigenvalue weighted by atomic mass is 35.5. The molecule has 3 aromatic rings. The molecule has 37 heavy (non-hydrogen) atoms. The number of morpholine rings is 1. The lowest BCUT2D eigenvalue weighted by molar-refractivity contribution is -0.144. The molecule has 4 heterocycles. The van der Waals surface area contributed by atoms with Gasteiger partial charge in [0.2, 0.25) is 11.9 Å². The molecule has 0 spiro atoms. The molecule has 14 heteroatoms. The first-order chi connectivity index (χ1) is 17.9. The number of hydrogen-bond donors (Lipinski definition) is 0. The summed E-state index contributed by atoms with van der Waals surface area (Å²) in [5, 5.41) is 3.33. The van der Waals surface area contributed by atoms with Gasteiger partial charge in [-0.15, -0.1) is 11.6 Å². The number of para-hydroxylation sites is 1. The van der Waals surface area contributed by atoms with Crippen LogP contribution in [0.3, 0.4) is 0 Å². The van der Waals surface area contributed by atoms with Crippen molar-refractivity contribution in [3.63, 3.8) is 0 Å². The molecule has 11 nitrogen and oxygen atoms in total. The second kappa shape index (κ2) is 10.7. The Kier molecular flexibility index (Phi) is 7.36. The van der Waals surface area contributed by atoms with Gasteiger partial charge in [-0.3, -0.25) is 14.4 Å². The average Bonchev–Trinajstić information content (AvgIpc) is 3.58. The van der Waals surface area contributed by atoms with Crippen LogP contribution in [0.5, 0.6) is 5.75 Å². The third-order valence-corrected chi connectivity index (χ3v) is 6.82. The molecule has 2 aromatic heterocycles. The number of alkyl halides is 3. The number of benzene rings is 1. The molecule has 0 unspecified atom stereocenters. The molecule has 0 radical (unpaired) electrons. The molecule has 2 saturated heterocycles. The van der Waals surface area contributed by atoms with Crippen LogP contribution in [-0.4, -0.2) is 93.3 Å². The molecule has 0 bridgehead atoms. The smallest absolute Gasteiger partial charge is 0.296 e. The number of hydrazine groups is 1. The standard InChI is InChI=1S/C23H27ClF2N8O3/c1-31(17(35)13-24)33-8-4-6-15(33)20-28-22(32-9-11-37-12-10-32)30-23(29-20)34-14-5-3-7-16(36-2)18(14)27-21(34)19(25)26/h3,5,7,15,19H,4,6,8-13H2,1-2H3/t15-/m1/s1. The van der Waals surface area contributed by atoms with Gasteiger partial charge in [-0.2, -0.15) is 15.0 Å². The van der Waals surface area contributed by atoms with Crippen molar-refractivity contribution in [2.75, 3.05) is 57.8 Å². The topological polar surface area (TPSA) is 102 Å². The number of rotatable bonds is 7. The Labute approximate surface area is 216 Å². The second-order valence-corrected chi connectivity index (χ2v) is 8.97. The molecular formula is C23H27ClF2N8O3. The van der Waals surface area contributed by atoms with Crippen molar-refractivity contribution >= 4 is 34.5 Å². The molecule has 1 atom stereocenters. The largest absolute Gasteiger partial charge is 0.494 e. The van der Waals surface area contributed by atoms with E-state index in [4.69, 9.17) is 26.1 Å². The van der Waals surface area contributed by atoms with Gasteiger partial charge in [-0.05, 0) is 25.0 Å². The molecule has 198 valence electrons. The van der Waals surface area contributed by atoms with E-state index in [-0.39, 0.29) is 29.3 Å². The van der Waals surface area contributed by atoms with Crippen molar-refractivity contribution in [3.8, 4) is 11.7 Å². The number of halogens is 3. The van der Waals surface area contributed by atoms with E-state index in [1.54, 1.807) is 25.2 Å². The molecule has 1 amide bonds. The fourth-order valence-electron chi connectivity index (χ4n) is 4.74. The lowest BCUT2D eigenvalue weighted by Crippen LogP contribution is -2.44. The van der Waals surface area contributed by atoms with E-state index in [2.05, 4.69) is 15.0 Å². The maximum atomic E-state index is 14.3. The zero-order valence-corrected chi connectivity index (χ0v) is 21.2. The van der Waals surface area contributed by atoms with E-state index < -0.39 is 12.2 Å². The fourth-order valence-corrected chi connectivity index (χ4v) is 4.91. The molecule has 1 aromatic carbocycles. The number of amides is 1. The molecule has 0 saturated carbocycles. The number of carbonyl (C=O) groups excluding carboxylic acids is 1. The van der Waals surface area contributed by atoms with Crippen molar-refractivity contribution in [1.29, 1.82) is 0 Å². The summed E-state index contributed by atoms with van der Waals surface area (Å²) in [5.74, 6) is 0.197. The van der Waals surface area contributed by atoms with Gasteiger partial charge in [0.05, 0.1) is 31.9 Å². The van der Waals surface area contributed by atoms with Crippen molar-refractivity contribution in [1.82, 2.24) is 34.5 Å². The Morgan fingerprint density at radius 1 is 1.19 bits per heavy atom. The van der Waals surface area contributed by atoms with Crippen molar-refractivity contribution < 1.29 is 23.0 Å². The molecule has 0 N–H and O–H groups in total. The van der Waals surface area contributed by atoms with Gasteiger partial charge in [0.1, 0.15) is 17.1 Å². The van der Waals surface area contributed by atoms with Gasteiger partial charge in [0.25, 0.3) is 12.3 Å². The third-order valence-electron chi connectivity index (χ3n) is 6.60. The summed E-state index contributed by atoms with van der Waals surface area (Å²) in [7, 11) is 3.11. The summed E-state index contributed by atoms with van der Waals surface area (Å²) < 4.78 is 40.6. The molecule has 0 aliphatic carbocycles. The maximum absolute atomic E-state index is 14.3. The van der Waals surface area contributed by atoms with Crippen LogP contribution in [0.4, 0.5) is 14.7 Å². The van der Waals surface area contributed by atoms with Crippen LogP contribution >= 0.6 is 11.6 Å². The first-order valence-electron chi connectivity index (χ1n) is 11.9. The van der Waals surface area contributed by atoms with Crippen LogP contribution in [0.2, 0.25) is 0 Å². The first-order valence-corrected chi connectivity index (χ1v) is 12.5. The summed E-state index contributed by atoms with van der Waals surface area (Å²) in [6, 6.07) is 4.67. The normalized spacial score (nSPS) is 18.6. The minimum atomic E-state index is -2.89. The van der Waals surface area contributed by atoms with Gasteiger partial charge in [-0.1, -0.05) is 6.07 Å². The molecule has 2 aliphatic rings. The zero-order chi connectivity index (χ0) is 26.1. The first kappa shape index (κ1) is 25.5. The molecule has 5 rings (SSSR count). The monoisotopic (exact) mass is 536 g/mol. The summed E-state index contributed by atoms with van der Waals surface area (Å²) in [4.78, 5) is 32.5. The van der Waals surface area contributed by atoms with E-state index in [1.807, 2.05) is 9.91 Å². The Bertz CT molecular complexity index is 1290. The van der Waals surface area contributed by atoms with Crippen molar-refractivity contribution in [2.45, 2.75) is 25.3 Å². The quantitative estimate of drug-likeness (QED) is 0.422. The highest BCUT2D eigenvalue weighted by Crippen LogP contribution is 2.35. The van der Waals surface area contributed by atoms with Crippen molar-refractivity contribution in [2.24, 2.45) is 0 Å². The van der Waals surface area contributed by atoms with Gasteiger partial charge in [0.15, 0.2) is 11.6 Å². The third kappa shape index (κ3) is 4.78. The number of imidazole rings is 1. The molecular weight excluding hydrogens is 510 g/mol. The van der Waals surface area contributed by atoms with E-state index in [0.29, 0.717) is 62.3 Å². The molecule has 2 fully saturated rings. The van der Waals surface area contributed by atoms with E-state index in [0.717, 1.165) is 6.42 Å². The Morgan fingerprint density at radius 2 is 1.95 bits per heavy atom. The van der Waals surface area contributed by atoms with Crippen LogP contribution in [-0.2, 0) is 9.53 Å². The SMILES string of the molecule is COc1cccc2c1nc(C(F)F)n2-c1nc([C@H]2CCCN2N(C)C(=O)CCl)nc(N2CCOCC2)n1. The predicted octanol–water partition coefficient (Wildman–Crippen LogP) is 2.74. The maximum Gasteiger partial charge on any atom is 0.296 e. The average molecular weight is 537 g/mol. The van der Waals surface area contributed by atoms with Crippen LogP contribution < -0.4 is 9.64 Å². The summed E-state index contributed by atoms with van der Waals surface area (Å²) >= 11 is 5.80. The summed E-state index contributed by atoms with van der Waals surface area (Å²) in [6.07, 6.45) is -1.42. The number of hydrogen-bond acceptors (Lipinski definition) is 9. The minimum absolute atomic E-state index is 0.0238. The van der Waals surface area contributed by atoms with E-state index in [9.17, 15) is 13.6 Å². The summed E-state index contributed by atoms with van der Waals surface area (Å²) in [6.45, 7) is 2.67. The highest BCUT2D eigenvalue weighted by Gasteiger charge is 2.35. The number of carbonyl (C=O) groups is 1. The van der Waals surface area contributed by atoms with E-state index >= 15 is 0 Å². The zero-order valence-electron chi connectivity index (χ0n) is 20.5. The number of ether oxygens (including phenoxy) is 2. The summed E-state index contributed by atoms with van der Waals surface area (Å²) in [5.41, 5.74) is 0.669. The minimum Gasteiger partial charge on any atom is -0.494 e. The Balaban J connectivity index is 1.68. The lowest BCUT2D eigenvalue weighted by Gasteiger charge is -2.33. The molecule has 2 aliphatic heterocycles. The lowest BCUT2D eigenvalue weighted by atomic mass is 10.2. The second-order valence-electron chi connectivity index (χ2n) is 8.70. The van der Waals surface area contributed by atoms with Gasteiger partial charge < -0.3 is 14.4 Å². The Morgan fingerprint density at radius 3 is 2.65 bits per heavy atom. The van der Waals surface area contributed by atoms with Crippen LogP contribution in [0.25, 0.3) is 17.0 Å². The van der Waals surface area contributed by atoms with Crippen molar-refractivity contribution in [3.05, 3.63) is 29.8 Å². The number of methoxy groups -OCH3 is 1. The van der Waals surface area contributed by atoms with Crippen LogP contribution in [0.1, 0.15) is 37.0 Å². The fraction of sp³-hybridized carbons (Fsp3) is 0.522. The van der Waals surface area contributed by atoms with Crippen LogP contribution in [0, 0.1) is 0 Å². The predicted molar refractivity (Wildman–Crippen MR) is 131 cm³/mol. The number of nitrogens with zero attached hydrogens (tertiary/aromatic N) is 8. The highest BCUT2D eigenvalue weighted by molar-refractivity contribution is 6.27. The van der Waals surface area contributed by atoms with Gasteiger partial charge in [0, 0.05) is 26.7 Å². The van der Waals surface area contributed by atoms with Gasteiger partial charge >= 0.3 is 0 Å². The number of anilines is 1. The van der Waals surface area contributed by atoms with E-state index in [1.165, 1.54) is 16.7 Å². The number of fused-ring (bicyclic) bond motifs is 1. The number of aromatic nitrogens is 5. The van der Waals surface area contributed by atoms with Gasteiger partial charge in [-0.25, -0.2) is 18.8 Å².